The molecule has 2 rings (SSSR count). The van der Waals surface area contributed by atoms with E-state index in [0.29, 0.717) is 6.04 Å². The summed E-state index contributed by atoms with van der Waals surface area (Å²) in [6, 6.07) is 0.529. The molecule has 1 atom stereocenters. The number of rotatable bonds is 7. The molecule has 0 saturated heterocycles. The van der Waals surface area contributed by atoms with Gasteiger partial charge in [-0.1, -0.05) is 0 Å². The second-order valence-corrected chi connectivity index (χ2v) is 9.07. The Labute approximate surface area is 137 Å². The zero-order valence-electron chi connectivity index (χ0n) is 14.2. The molecule has 3 nitrogen and oxygen atoms in total. The van der Waals surface area contributed by atoms with Crippen LogP contribution in [0.25, 0.3) is 0 Å². The summed E-state index contributed by atoms with van der Waals surface area (Å²) in [5.74, 6) is 1.86. The summed E-state index contributed by atoms with van der Waals surface area (Å²) in [5.41, 5.74) is 1.51. The summed E-state index contributed by atoms with van der Waals surface area (Å²) >= 11 is 3.77. The molecule has 0 aromatic carbocycles. The van der Waals surface area contributed by atoms with Gasteiger partial charge < -0.3 is 10.2 Å². The fourth-order valence-electron chi connectivity index (χ4n) is 2.19. The van der Waals surface area contributed by atoms with E-state index >= 15 is 0 Å². The zero-order valence-corrected chi connectivity index (χ0v) is 15.8. The van der Waals surface area contributed by atoms with Crippen LogP contribution in [0.15, 0.2) is 0 Å². The number of nitrogens with one attached hydrogen (secondary N) is 1. The Morgan fingerprint density at radius 1 is 1.43 bits per heavy atom. The number of aromatic nitrogens is 1. The predicted molar refractivity (Wildman–Crippen MR) is 96.9 cm³/mol. The highest BCUT2D eigenvalue weighted by Gasteiger charge is 2.30. The maximum Gasteiger partial charge on any atom is 0.185 e. The largest absolute Gasteiger partial charge is 0.348 e. The Kier molecular flexibility index (Phi) is 5.60. The standard InChI is InChI=1S/C16H29N3S2/c1-11(10-20-6)19(5)15-18-14(12-7-8-12)13(21-15)9-17-16(2,3)4/h11-12,17H,7-10H2,1-6H3. The van der Waals surface area contributed by atoms with Crippen molar-refractivity contribution in [1.29, 1.82) is 0 Å². The Morgan fingerprint density at radius 2 is 2.10 bits per heavy atom. The maximum atomic E-state index is 4.97. The zero-order chi connectivity index (χ0) is 15.6. The Bertz CT molecular complexity index is 461. The Balaban J connectivity index is 2.13. The number of hydrogen-bond acceptors (Lipinski definition) is 5. The van der Waals surface area contributed by atoms with Crippen LogP contribution >= 0.6 is 23.1 Å². The van der Waals surface area contributed by atoms with Gasteiger partial charge in [0.1, 0.15) is 0 Å². The molecule has 21 heavy (non-hydrogen) atoms. The van der Waals surface area contributed by atoms with Crippen LogP contribution in [0.3, 0.4) is 0 Å². The molecule has 1 saturated carbocycles. The van der Waals surface area contributed by atoms with E-state index in [1.165, 1.54) is 28.5 Å². The van der Waals surface area contributed by atoms with E-state index in [-0.39, 0.29) is 5.54 Å². The summed E-state index contributed by atoms with van der Waals surface area (Å²) in [6.07, 6.45) is 4.80. The van der Waals surface area contributed by atoms with E-state index in [1.807, 2.05) is 23.1 Å². The van der Waals surface area contributed by atoms with Gasteiger partial charge in [-0.05, 0) is 46.8 Å². The van der Waals surface area contributed by atoms with Gasteiger partial charge >= 0.3 is 0 Å². The van der Waals surface area contributed by atoms with Crippen LogP contribution in [-0.2, 0) is 6.54 Å². The van der Waals surface area contributed by atoms with Gasteiger partial charge in [-0.2, -0.15) is 11.8 Å². The summed E-state index contributed by atoms with van der Waals surface area (Å²) in [5, 5.41) is 4.80. The third-order valence-corrected chi connectivity index (χ3v) is 5.81. The van der Waals surface area contributed by atoms with Gasteiger partial charge in [-0.15, -0.1) is 11.3 Å². The van der Waals surface area contributed by atoms with Crippen molar-refractivity contribution in [2.45, 2.75) is 64.6 Å². The normalized spacial score (nSPS) is 17.0. The topological polar surface area (TPSA) is 28.2 Å². The summed E-state index contributed by atoms with van der Waals surface area (Å²) < 4.78 is 0. The van der Waals surface area contributed by atoms with Crippen LogP contribution in [0.1, 0.15) is 57.0 Å². The molecule has 1 aromatic heterocycles. The lowest BCUT2D eigenvalue weighted by molar-refractivity contribution is 0.425. The van der Waals surface area contributed by atoms with Gasteiger partial charge in [-0.25, -0.2) is 4.98 Å². The lowest BCUT2D eigenvalue weighted by Crippen LogP contribution is -2.35. The first-order valence-corrected chi connectivity index (χ1v) is 9.99. The Hall–Kier alpha value is -0.260. The first-order valence-electron chi connectivity index (χ1n) is 7.78. The van der Waals surface area contributed by atoms with E-state index in [2.05, 4.69) is 51.2 Å². The first kappa shape index (κ1) is 17.1. The molecule has 120 valence electrons. The minimum absolute atomic E-state index is 0.156. The summed E-state index contributed by atoms with van der Waals surface area (Å²) in [7, 11) is 2.18. The van der Waals surface area contributed by atoms with E-state index in [9.17, 15) is 0 Å². The van der Waals surface area contributed by atoms with Crippen molar-refractivity contribution in [2.24, 2.45) is 0 Å². The van der Waals surface area contributed by atoms with Gasteiger partial charge in [0.15, 0.2) is 5.13 Å². The van der Waals surface area contributed by atoms with Gasteiger partial charge in [0.25, 0.3) is 0 Å². The second-order valence-electron chi connectivity index (χ2n) is 7.10. The van der Waals surface area contributed by atoms with Gasteiger partial charge in [0.2, 0.25) is 0 Å². The van der Waals surface area contributed by atoms with Gasteiger partial charge in [0.05, 0.1) is 5.69 Å². The van der Waals surface area contributed by atoms with E-state index in [1.54, 1.807) is 0 Å². The fraction of sp³-hybridized carbons (Fsp3) is 0.812. The molecule has 5 heteroatoms. The van der Waals surface area contributed by atoms with Crippen LogP contribution in [0.2, 0.25) is 0 Å². The number of anilines is 1. The Morgan fingerprint density at radius 3 is 2.62 bits per heavy atom. The summed E-state index contributed by atoms with van der Waals surface area (Å²) in [4.78, 5) is 8.75. The molecule has 0 bridgehead atoms. The number of hydrogen-bond donors (Lipinski definition) is 1. The molecule has 1 aliphatic carbocycles. The maximum absolute atomic E-state index is 4.97. The molecule has 1 unspecified atom stereocenters. The highest BCUT2D eigenvalue weighted by Crippen LogP contribution is 2.44. The minimum Gasteiger partial charge on any atom is -0.348 e. The molecule has 1 N–H and O–H groups in total. The lowest BCUT2D eigenvalue weighted by atomic mass is 10.1. The molecular weight excluding hydrogens is 298 g/mol. The third kappa shape index (κ3) is 4.86. The molecule has 1 aliphatic rings. The van der Waals surface area contributed by atoms with E-state index < -0.39 is 0 Å². The van der Waals surface area contributed by atoms with Crippen LogP contribution in [0.5, 0.6) is 0 Å². The van der Waals surface area contributed by atoms with Crippen molar-refractivity contribution < 1.29 is 0 Å². The lowest BCUT2D eigenvalue weighted by Gasteiger charge is -2.23. The molecule has 1 heterocycles. The molecular formula is C16H29N3S2. The van der Waals surface area contributed by atoms with Crippen LogP contribution in [0.4, 0.5) is 5.13 Å². The monoisotopic (exact) mass is 327 g/mol. The molecule has 0 spiro atoms. The fourth-order valence-corrected chi connectivity index (χ4v) is 4.05. The summed E-state index contributed by atoms with van der Waals surface area (Å²) in [6.45, 7) is 9.88. The molecule has 0 aliphatic heterocycles. The van der Waals surface area contributed by atoms with Crippen LogP contribution < -0.4 is 10.2 Å². The molecule has 1 fully saturated rings. The highest BCUT2D eigenvalue weighted by molar-refractivity contribution is 7.98. The molecule has 0 amide bonds. The quantitative estimate of drug-likeness (QED) is 0.816. The highest BCUT2D eigenvalue weighted by atomic mass is 32.2. The van der Waals surface area contributed by atoms with Crippen molar-refractivity contribution >= 4 is 28.2 Å². The van der Waals surface area contributed by atoms with Crippen LogP contribution in [-0.4, -0.2) is 35.6 Å². The van der Waals surface area contributed by atoms with Crippen molar-refractivity contribution in [2.75, 3.05) is 24.0 Å². The van der Waals surface area contributed by atoms with Crippen molar-refractivity contribution in [1.82, 2.24) is 10.3 Å². The number of nitrogens with zero attached hydrogens (tertiary/aromatic N) is 2. The average molecular weight is 328 g/mol. The van der Waals surface area contributed by atoms with Crippen molar-refractivity contribution in [3.05, 3.63) is 10.6 Å². The van der Waals surface area contributed by atoms with Crippen molar-refractivity contribution in [3.63, 3.8) is 0 Å². The average Bonchev–Trinajstić information content (AvgIpc) is 3.15. The van der Waals surface area contributed by atoms with Gasteiger partial charge in [0, 0.05) is 41.7 Å². The SMILES string of the molecule is CSCC(C)N(C)c1nc(C2CC2)c(CNC(C)(C)C)s1. The number of thioether (sulfide) groups is 1. The second kappa shape index (κ2) is 6.88. The molecule has 1 aromatic rings. The van der Waals surface area contributed by atoms with Crippen molar-refractivity contribution in [3.8, 4) is 0 Å². The minimum atomic E-state index is 0.156. The molecule has 0 radical (unpaired) electrons. The third-order valence-electron chi connectivity index (χ3n) is 3.83. The van der Waals surface area contributed by atoms with Crippen LogP contribution in [0, 0.1) is 0 Å². The van der Waals surface area contributed by atoms with Gasteiger partial charge in [-0.3, -0.25) is 0 Å². The first-order chi connectivity index (χ1) is 9.81. The smallest absolute Gasteiger partial charge is 0.185 e. The van der Waals surface area contributed by atoms with E-state index in [0.717, 1.165) is 18.2 Å². The predicted octanol–water partition coefficient (Wildman–Crippen LogP) is 4.10. The number of thiazole rings is 1. The van der Waals surface area contributed by atoms with E-state index in [4.69, 9.17) is 4.98 Å².